The molecule has 1 aliphatic carbocycles. The van der Waals surface area contributed by atoms with Gasteiger partial charge in [0.15, 0.2) is 6.61 Å². The van der Waals surface area contributed by atoms with Crippen LogP contribution in [0, 0.1) is 19.8 Å². The quantitative estimate of drug-likeness (QED) is 0.610. The number of urea groups is 1. The summed E-state index contributed by atoms with van der Waals surface area (Å²) in [6.07, 6.45) is 4.03. The second-order valence-corrected chi connectivity index (χ2v) is 8.96. The van der Waals surface area contributed by atoms with Crippen LogP contribution in [0.4, 0.5) is 4.79 Å². The maximum Gasteiger partial charge on any atom is 0.338 e. The lowest BCUT2D eigenvalue weighted by Gasteiger charge is -2.29. The lowest BCUT2D eigenvalue weighted by molar-refractivity contribution is -0.123. The Kier molecular flexibility index (Phi) is 7.37. The number of carbonyl (C=O) groups excluding carboxylic acids is 3. The molecule has 0 saturated heterocycles. The molecule has 9 nitrogen and oxygen atoms in total. The van der Waals surface area contributed by atoms with Crippen LogP contribution < -0.4 is 15.8 Å². The van der Waals surface area contributed by atoms with Crippen molar-refractivity contribution >= 4 is 27.9 Å². The second-order valence-electron chi connectivity index (χ2n) is 7.43. The molecule has 0 aliphatic heterocycles. The van der Waals surface area contributed by atoms with Gasteiger partial charge in [-0.05, 0) is 55.9 Å². The molecule has 4 N–H and O–H groups in total. The van der Waals surface area contributed by atoms with Crippen LogP contribution in [0.1, 0.15) is 54.1 Å². The summed E-state index contributed by atoms with van der Waals surface area (Å²) in [6, 6.07) is 1.93. The number of amides is 3. The normalized spacial score (nSPS) is 19.3. The number of benzene rings is 1. The summed E-state index contributed by atoms with van der Waals surface area (Å²) in [5, 5.41) is 10.1. The zero-order valence-electron chi connectivity index (χ0n) is 16.8. The van der Waals surface area contributed by atoms with E-state index in [4.69, 9.17) is 9.88 Å². The van der Waals surface area contributed by atoms with E-state index in [1.165, 1.54) is 6.07 Å². The number of rotatable bonds is 5. The monoisotopic (exact) mass is 425 g/mol. The Morgan fingerprint density at radius 2 is 1.83 bits per heavy atom. The van der Waals surface area contributed by atoms with Crippen molar-refractivity contribution in [2.45, 2.75) is 57.4 Å². The molecule has 2 atom stereocenters. The van der Waals surface area contributed by atoms with Crippen LogP contribution in [0.15, 0.2) is 17.0 Å². The maximum atomic E-state index is 12.2. The van der Waals surface area contributed by atoms with Crippen molar-refractivity contribution in [2.24, 2.45) is 11.1 Å². The van der Waals surface area contributed by atoms with Crippen molar-refractivity contribution in [1.29, 1.82) is 0 Å². The standard InChI is InChI=1S/C19H27N3O6S/c1-11-6-4-5-7-15(11)21-19(25)22-17(23)10-28-18(24)14-8-12(2)13(3)16(9-14)29(20,26)27/h8-9,11,15H,4-7,10H2,1-3H3,(H2,20,26,27)(H2,21,22,23,25). The summed E-state index contributed by atoms with van der Waals surface area (Å²) in [4.78, 5) is 35.9. The zero-order chi connectivity index (χ0) is 21.8. The van der Waals surface area contributed by atoms with Gasteiger partial charge in [0, 0.05) is 6.04 Å². The molecule has 0 heterocycles. The first-order chi connectivity index (χ1) is 13.5. The van der Waals surface area contributed by atoms with Crippen molar-refractivity contribution in [3.05, 3.63) is 28.8 Å². The Bertz CT molecular complexity index is 913. The predicted molar refractivity (Wildman–Crippen MR) is 106 cm³/mol. The summed E-state index contributed by atoms with van der Waals surface area (Å²) in [6.45, 7) is 4.57. The minimum absolute atomic E-state index is 0.00580. The van der Waals surface area contributed by atoms with Crippen LogP contribution in [0.2, 0.25) is 0 Å². The van der Waals surface area contributed by atoms with E-state index in [-0.39, 0.29) is 16.5 Å². The number of hydrogen-bond donors (Lipinski definition) is 3. The lowest BCUT2D eigenvalue weighted by atomic mass is 9.86. The average Bonchev–Trinajstić information content (AvgIpc) is 2.62. The van der Waals surface area contributed by atoms with Gasteiger partial charge >= 0.3 is 12.0 Å². The molecule has 2 unspecified atom stereocenters. The number of esters is 1. The van der Waals surface area contributed by atoms with Gasteiger partial charge in [-0.15, -0.1) is 0 Å². The van der Waals surface area contributed by atoms with E-state index in [0.29, 0.717) is 17.0 Å². The molecule has 2 rings (SSSR count). The van der Waals surface area contributed by atoms with Crippen molar-refractivity contribution in [3.63, 3.8) is 0 Å². The molecule has 10 heteroatoms. The molecule has 0 bridgehead atoms. The number of primary sulfonamides is 1. The molecular formula is C19H27N3O6S. The maximum absolute atomic E-state index is 12.2. The largest absolute Gasteiger partial charge is 0.452 e. The molecule has 1 aromatic carbocycles. The number of sulfonamides is 1. The molecule has 1 aliphatic rings. The topological polar surface area (TPSA) is 145 Å². The Morgan fingerprint density at radius 1 is 1.17 bits per heavy atom. The molecule has 1 saturated carbocycles. The molecule has 0 spiro atoms. The van der Waals surface area contributed by atoms with E-state index in [1.54, 1.807) is 13.8 Å². The van der Waals surface area contributed by atoms with Crippen molar-refractivity contribution < 1.29 is 27.5 Å². The summed E-state index contributed by atoms with van der Waals surface area (Å²) in [5.74, 6) is -1.34. The van der Waals surface area contributed by atoms with E-state index in [2.05, 4.69) is 10.6 Å². The van der Waals surface area contributed by atoms with Crippen molar-refractivity contribution in [2.75, 3.05) is 6.61 Å². The van der Waals surface area contributed by atoms with Crippen molar-refractivity contribution in [1.82, 2.24) is 10.6 Å². The molecule has 0 radical (unpaired) electrons. The fourth-order valence-corrected chi connectivity index (χ4v) is 4.23. The molecule has 3 amide bonds. The predicted octanol–water partition coefficient (Wildman–Crippen LogP) is 1.51. The SMILES string of the molecule is Cc1cc(C(=O)OCC(=O)NC(=O)NC2CCCCC2C)cc(S(N)(=O)=O)c1C. The van der Waals surface area contributed by atoms with Gasteiger partial charge in [-0.25, -0.2) is 23.1 Å². The number of carbonyl (C=O) groups is 3. The van der Waals surface area contributed by atoms with Gasteiger partial charge in [0.2, 0.25) is 10.0 Å². The Balaban J connectivity index is 1.92. The molecule has 1 aromatic rings. The highest BCUT2D eigenvalue weighted by atomic mass is 32.2. The number of imide groups is 1. The van der Waals surface area contributed by atoms with Crippen LogP contribution >= 0.6 is 0 Å². The number of ether oxygens (including phenoxy) is 1. The van der Waals surface area contributed by atoms with Gasteiger partial charge in [-0.3, -0.25) is 10.1 Å². The van der Waals surface area contributed by atoms with Gasteiger partial charge in [0.05, 0.1) is 10.5 Å². The highest BCUT2D eigenvalue weighted by Crippen LogP contribution is 2.23. The number of nitrogens with one attached hydrogen (secondary N) is 2. The molecule has 1 fully saturated rings. The molecular weight excluding hydrogens is 398 g/mol. The van der Waals surface area contributed by atoms with E-state index in [1.807, 2.05) is 6.92 Å². The first-order valence-electron chi connectivity index (χ1n) is 9.40. The lowest BCUT2D eigenvalue weighted by Crippen LogP contribution is -2.48. The van der Waals surface area contributed by atoms with Crippen LogP contribution in [0.3, 0.4) is 0 Å². The first-order valence-corrected chi connectivity index (χ1v) is 10.9. The second kappa shape index (κ2) is 9.36. The van der Waals surface area contributed by atoms with Crippen LogP contribution in [0.5, 0.6) is 0 Å². The van der Waals surface area contributed by atoms with Gasteiger partial charge < -0.3 is 10.1 Å². The van der Waals surface area contributed by atoms with Gasteiger partial charge in [-0.1, -0.05) is 19.8 Å². The first kappa shape index (κ1) is 22.8. The minimum Gasteiger partial charge on any atom is -0.452 e. The number of hydrogen-bond acceptors (Lipinski definition) is 6. The fourth-order valence-electron chi connectivity index (χ4n) is 3.35. The minimum atomic E-state index is -4.02. The highest BCUT2D eigenvalue weighted by Gasteiger charge is 2.24. The third-order valence-corrected chi connectivity index (χ3v) is 6.21. The average molecular weight is 426 g/mol. The summed E-state index contributed by atoms with van der Waals surface area (Å²) < 4.78 is 28.2. The number of nitrogens with two attached hydrogens (primary N) is 1. The Morgan fingerprint density at radius 3 is 2.45 bits per heavy atom. The third kappa shape index (κ3) is 6.26. The van der Waals surface area contributed by atoms with Gasteiger partial charge in [0.1, 0.15) is 0 Å². The van der Waals surface area contributed by atoms with Crippen LogP contribution in [0.25, 0.3) is 0 Å². The summed E-state index contributed by atoms with van der Waals surface area (Å²) in [5.41, 5.74) is 0.912. The molecule has 29 heavy (non-hydrogen) atoms. The summed E-state index contributed by atoms with van der Waals surface area (Å²) >= 11 is 0. The van der Waals surface area contributed by atoms with Crippen LogP contribution in [-0.4, -0.2) is 39.0 Å². The molecule has 0 aromatic heterocycles. The highest BCUT2D eigenvalue weighted by molar-refractivity contribution is 7.89. The van der Waals surface area contributed by atoms with Crippen molar-refractivity contribution in [3.8, 4) is 0 Å². The zero-order valence-corrected chi connectivity index (χ0v) is 17.6. The Labute approximate surface area is 170 Å². The van der Waals surface area contributed by atoms with Gasteiger partial charge in [0.25, 0.3) is 5.91 Å². The van der Waals surface area contributed by atoms with E-state index < -0.39 is 34.5 Å². The smallest absolute Gasteiger partial charge is 0.338 e. The Hall–Kier alpha value is -2.46. The third-order valence-electron chi connectivity index (χ3n) is 5.18. The van der Waals surface area contributed by atoms with E-state index >= 15 is 0 Å². The number of aryl methyl sites for hydroxylation is 1. The van der Waals surface area contributed by atoms with E-state index in [9.17, 15) is 22.8 Å². The summed E-state index contributed by atoms with van der Waals surface area (Å²) in [7, 11) is -4.02. The molecule has 160 valence electrons. The van der Waals surface area contributed by atoms with E-state index in [0.717, 1.165) is 31.7 Å². The van der Waals surface area contributed by atoms with Gasteiger partial charge in [-0.2, -0.15) is 0 Å². The van der Waals surface area contributed by atoms with Crippen LogP contribution in [-0.2, 0) is 19.6 Å². The fraction of sp³-hybridized carbons (Fsp3) is 0.526.